The summed E-state index contributed by atoms with van der Waals surface area (Å²) < 4.78 is 11.8. The molecule has 0 saturated carbocycles. The third-order valence-electron chi connectivity index (χ3n) is 3.99. The van der Waals surface area contributed by atoms with E-state index < -0.39 is 13.2 Å². The predicted octanol–water partition coefficient (Wildman–Crippen LogP) is 2.28. The number of nitrogens with zero attached hydrogens (tertiary/aromatic N) is 1. The standard InChI is InChI=1S/C12H20BNO4/c1-11(2)12(3,4)18-13(17-11)9-6-5-7-14(8-9)10(15)16/h8H,5-7H2,1-4H3,(H,15,16). The minimum Gasteiger partial charge on any atom is -0.465 e. The number of allylic oxidation sites excluding steroid dienone is 1. The molecule has 18 heavy (non-hydrogen) atoms. The molecular formula is C12H20BNO4. The highest BCUT2D eigenvalue weighted by Crippen LogP contribution is 2.39. The van der Waals surface area contributed by atoms with E-state index in [0.29, 0.717) is 6.54 Å². The van der Waals surface area contributed by atoms with Crippen LogP contribution in [0.2, 0.25) is 0 Å². The van der Waals surface area contributed by atoms with E-state index in [-0.39, 0.29) is 11.2 Å². The molecule has 0 atom stereocenters. The minimum atomic E-state index is -0.927. The third-order valence-corrected chi connectivity index (χ3v) is 3.99. The van der Waals surface area contributed by atoms with Gasteiger partial charge < -0.3 is 14.4 Å². The number of rotatable bonds is 1. The molecule has 5 nitrogen and oxygen atoms in total. The zero-order valence-corrected chi connectivity index (χ0v) is 11.4. The molecule has 2 aliphatic heterocycles. The molecule has 6 heteroatoms. The minimum absolute atomic E-state index is 0.385. The van der Waals surface area contributed by atoms with Crippen molar-refractivity contribution >= 4 is 13.2 Å². The van der Waals surface area contributed by atoms with Gasteiger partial charge in [0.1, 0.15) is 0 Å². The Hall–Kier alpha value is -1.01. The Morgan fingerprint density at radius 3 is 2.39 bits per heavy atom. The first-order valence-corrected chi connectivity index (χ1v) is 6.29. The second-order valence-corrected chi connectivity index (χ2v) is 5.87. The lowest BCUT2D eigenvalue weighted by atomic mass is 9.75. The van der Waals surface area contributed by atoms with E-state index in [9.17, 15) is 4.79 Å². The Morgan fingerprint density at radius 1 is 1.33 bits per heavy atom. The fourth-order valence-electron chi connectivity index (χ4n) is 2.11. The van der Waals surface area contributed by atoms with Gasteiger partial charge in [0.25, 0.3) is 0 Å². The van der Waals surface area contributed by atoms with Crippen molar-refractivity contribution in [1.82, 2.24) is 4.90 Å². The maximum atomic E-state index is 11.0. The highest BCUT2D eigenvalue weighted by molar-refractivity contribution is 6.54. The van der Waals surface area contributed by atoms with Gasteiger partial charge >= 0.3 is 13.2 Å². The summed E-state index contributed by atoms with van der Waals surface area (Å²) in [6, 6.07) is 0. The van der Waals surface area contributed by atoms with Gasteiger partial charge in [-0.1, -0.05) is 0 Å². The fourth-order valence-corrected chi connectivity index (χ4v) is 2.11. The first-order chi connectivity index (χ1) is 8.23. The van der Waals surface area contributed by atoms with Gasteiger partial charge in [0.2, 0.25) is 0 Å². The molecule has 1 N–H and O–H groups in total. The summed E-state index contributed by atoms with van der Waals surface area (Å²) in [5, 5.41) is 9.00. The van der Waals surface area contributed by atoms with Crippen molar-refractivity contribution in [3.63, 3.8) is 0 Å². The van der Waals surface area contributed by atoms with Crippen LogP contribution in [0.25, 0.3) is 0 Å². The van der Waals surface area contributed by atoms with E-state index in [4.69, 9.17) is 14.4 Å². The van der Waals surface area contributed by atoms with Gasteiger partial charge in [-0.2, -0.15) is 0 Å². The number of amides is 1. The van der Waals surface area contributed by atoms with Crippen molar-refractivity contribution in [1.29, 1.82) is 0 Å². The number of carboxylic acid groups (broad SMARTS) is 1. The summed E-state index contributed by atoms with van der Waals surface area (Å²) in [6.45, 7) is 8.51. The van der Waals surface area contributed by atoms with E-state index in [2.05, 4.69) is 0 Å². The van der Waals surface area contributed by atoms with Gasteiger partial charge in [-0.05, 0) is 46.0 Å². The van der Waals surface area contributed by atoms with E-state index >= 15 is 0 Å². The molecule has 2 rings (SSSR count). The van der Waals surface area contributed by atoms with Gasteiger partial charge in [-0.25, -0.2) is 4.79 Å². The largest absolute Gasteiger partial charge is 0.492 e. The molecule has 0 aromatic carbocycles. The lowest BCUT2D eigenvalue weighted by molar-refractivity contribution is 0.00578. The zero-order chi connectivity index (χ0) is 13.6. The SMILES string of the molecule is CC1(C)OB(C2=CN(C(=O)O)CCC2)OC1(C)C. The van der Waals surface area contributed by atoms with Crippen molar-refractivity contribution in [2.24, 2.45) is 0 Å². The summed E-state index contributed by atoms with van der Waals surface area (Å²) in [5.74, 6) is 0. The van der Waals surface area contributed by atoms with Crippen LogP contribution in [-0.4, -0.2) is 41.0 Å². The second kappa shape index (κ2) is 4.28. The maximum Gasteiger partial charge on any atom is 0.492 e. The molecule has 1 amide bonds. The Kier molecular flexibility index (Phi) is 3.19. The number of hydrogen-bond acceptors (Lipinski definition) is 3. The molecule has 1 saturated heterocycles. The first-order valence-electron chi connectivity index (χ1n) is 6.29. The van der Waals surface area contributed by atoms with Crippen LogP contribution in [0.3, 0.4) is 0 Å². The molecule has 0 aromatic heterocycles. The monoisotopic (exact) mass is 253 g/mol. The van der Waals surface area contributed by atoms with Crippen LogP contribution in [0, 0.1) is 0 Å². The van der Waals surface area contributed by atoms with Gasteiger partial charge in [-0.15, -0.1) is 0 Å². The third kappa shape index (κ3) is 2.27. The summed E-state index contributed by atoms with van der Waals surface area (Å²) in [7, 11) is -0.433. The Labute approximate surface area is 108 Å². The predicted molar refractivity (Wildman–Crippen MR) is 68.1 cm³/mol. The Bertz CT molecular complexity index is 376. The van der Waals surface area contributed by atoms with Crippen LogP contribution in [0.5, 0.6) is 0 Å². The van der Waals surface area contributed by atoms with Crippen LogP contribution in [0.1, 0.15) is 40.5 Å². The smallest absolute Gasteiger partial charge is 0.465 e. The molecule has 0 spiro atoms. The summed E-state index contributed by atoms with van der Waals surface area (Å²) in [6.07, 6.45) is 2.35. The highest BCUT2D eigenvalue weighted by atomic mass is 16.7. The fraction of sp³-hybridized carbons (Fsp3) is 0.750. The van der Waals surface area contributed by atoms with Crippen molar-refractivity contribution < 1.29 is 19.2 Å². The van der Waals surface area contributed by atoms with Gasteiger partial charge in [0.05, 0.1) is 11.2 Å². The summed E-state index contributed by atoms with van der Waals surface area (Å²) in [4.78, 5) is 12.3. The van der Waals surface area contributed by atoms with Crippen molar-refractivity contribution in [2.75, 3.05) is 6.54 Å². The van der Waals surface area contributed by atoms with Crippen molar-refractivity contribution in [2.45, 2.75) is 51.7 Å². The first kappa shape index (κ1) is 13.4. The van der Waals surface area contributed by atoms with E-state index in [1.807, 2.05) is 27.7 Å². The highest BCUT2D eigenvalue weighted by Gasteiger charge is 2.52. The topological polar surface area (TPSA) is 59.0 Å². The second-order valence-electron chi connectivity index (χ2n) is 5.87. The average Bonchev–Trinajstić information content (AvgIpc) is 2.48. The Balaban J connectivity index is 2.17. The van der Waals surface area contributed by atoms with Crippen LogP contribution < -0.4 is 0 Å². The zero-order valence-electron chi connectivity index (χ0n) is 11.4. The molecule has 100 valence electrons. The number of hydrogen-bond donors (Lipinski definition) is 1. The molecule has 0 aromatic rings. The molecule has 2 aliphatic rings. The summed E-state index contributed by atoms with van der Waals surface area (Å²) >= 11 is 0. The molecule has 1 fully saturated rings. The Morgan fingerprint density at radius 2 is 1.89 bits per heavy atom. The van der Waals surface area contributed by atoms with Gasteiger partial charge in [0, 0.05) is 12.7 Å². The summed E-state index contributed by atoms with van der Waals surface area (Å²) in [5.41, 5.74) is 0.135. The maximum absolute atomic E-state index is 11.0. The van der Waals surface area contributed by atoms with Crippen LogP contribution in [-0.2, 0) is 9.31 Å². The average molecular weight is 253 g/mol. The number of carbonyl (C=O) groups is 1. The van der Waals surface area contributed by atoms with E-state index in [0.717, 1.165) is 18.3 Å². The van der Waals surface area contributed by atoms with Crippen molar-refractivity contribution in [3.8, 4) is 0 Å². The molecule has 0 bridgehead atoms. The lowest BCUT2D eigenvalue weighted by Crippen LogP contribution is -2.41. The lowest BCUT2D eigenvalue weighted by Gasteiger charge is -2.32. The molecule has 0 radical (unpaired) electrons. The molecule has 0 aliphatic carbocycles. The normalized spacial score (nSPS) is 26.1. The van der Waals surface area contributed by atoms with E-state index in [1.165, 1.54) is 4.90 Å². The van der Waals surface area contributed by atoms with Gasteiger partial charge in [0.15, 0.2) is 0 Å². The van der Waals surface area contributed by atoms with Crippen LogP contribution in [0.15, 0.2) is 11.7 Å². The van der Waals surface area contributed by atoms with Crippen molar-refractivity contribution in [3.05, 3.63) is 11.7 Å². The quantitative estimate of drug-likeness (QED) is 0.728. The molecule has 0 unspecified atom stereocenters. The van der Waals surface area contributed by atoms with Gasteiger partial charge in [-0.3, -0.25) is 4.90 Å². The molecular weight excluding hydrogens is 233 g/mol. The van der Waals surface area contributed by atoms with Crippen LogP contribution in [0.4, 0.5) is 4.79 Å². The van der Waals surface area contributed by atoms with E-state index in [1.54, 1.807) is 6.20 Å². The van der Waals surface area contributed by atoms with Crippen LogP contribution >= 0.6 is 0 Å². The molecule has 2 heterocycles.